The van der Waals surface area contributed by atoms with Crippen LogP contribution in [-0.2, 0) is 4.79 Å². The van der Waals surface area contributed by atoms with Crippen LogP contribution in [0.15, 0.2) is 24.4 Å². The quantitative estimate of drug-likeness (QED) is 0.758. The summed E-state index contributed by atoms with van der Waals surface area (Å²) in [6.07, 6.45) is 3.71. The lowest BCUT2D eigenvalue weighted by Crippen LogP contribution is -2.37. The highest BCUT2D eigenvalue weighted by Crippen LogP contribution is 2.12. The minimum Gasteiger partial charge on any atom is -0.316 e. The lowest BCUT2D eigenvalue weighted by Gasteiger charge is -2.21. The van der Waals surface area contributed by atoms with Crippen LogP contribution in [-0.4, -0.2) is 24.0 Å². The van der Waals surface area contributed by atoms with Crippen molar-refractivity contribution in [3.63, 3.8) is 0 Å². The smallest absolute Gasteiger partial charge is 0.229 e. The van der Waals surface area contributed by atoms with Gasteiger partial charge >= 0.3 is 0 Å². The van der Waals surface area contributed by atoms with Gasteiger partial charge in [0.25, 0.3) is 0 Å². The van der Waals surface area contributed by atoms with Crippen molar-refractivity contribution in [1.82, 2.24) is 10.3 Å². The van der Waals surface area contributed by atoms with Crippen LogP contribution in [0.2, 0.25) is 0 Å². The first-order valence-electron chi connectivity index (χ1n) is 5.29. The molecule has 1 atom stereocenters. The molecule has 1 aliphatic heterocycles. The molecular formula is C11H15N3O. The van der Waals surface area contributed by atoms with E-state index >= 15 is 0 Å². The Bertz CT molecular complexity index is 320. The number of carbonyl (C=O) groups is 1. The number of hydrogen-bond acceptors (Lipinski definition) is 3. The molecule has 0 radical (unpaired) electrons. The summed E-state index contributed by atoms with van der Waals surface area (Å²) in [6, 6.07) is 5.49. The zero-order chi connectivity index (χ0) is 10.5. The minimum absolute atomic E-state index is 0.0703. The number of nitrogens with zero attached hydrogens (tertiary/aromatic N) is 1. The molecule has 1 fully saturated rings. The van der Waals surface area contributed by atoms with Gasteiger partial charge in [0.05, 0.1) is 5.92 Å². The van der Waals surface area contributed by atoms with Crippen LogP contribution in [0.5, 0.6) is 0 Å². The van der Waals surface area contributed by atoms with Gasteiger partial charge in [0.15, 0.2) is 0 Å². The Morgan fingerprint density at radius 2 is 2.47 bits per heavy atom. The fourth-order valence-electron chi connectivity index (χ4n) is 1.74. The molecule has 1 aromatic heterocycles. The van der Waals surface area contributed by atoms with Crippen molar-refractivity contribution in [2.24, 2.45) is 5.92 Å². The highest BCUT2D eigenvalue weighted by molar-refractivity contribution is 5.91. The van der Waals surface area contributed by atoms with E-state index in [1.165, 1.54) is 0 Å². The summed E-state index contributed by atoms with van der Waals surface area (Å²) in [6.45, 7) is 1.80. The molecule has 2 rings (SSSR count). The molecule has 1 aromatic rings. The number of anilines is 1. The van der Waals surface area contributed by atoms with E-state index in [4.69, 9.17) is 0 Å². The zero-order valence-electron chi connectivity index (χ0n) is 8.57. The van der Waals surface area contributed by atoms with Crippen LogP contribution in [0.1, 0.15) is 12.8 Å². The first kappa shape index (κ1) is 10.1. The highest BCUT2D eigenvalue weighted by Gasteiger charge is 2.20. The average molecular weight is 205 g/mol. The van der Waals surface area contributed by atoms with Crippen LogP contribution in [0, 0.1) is 5.92 Å². The van der Waals surface area contributed by atoms with Crippen molar-refractivity contribution < 1.29 is 4.79 Å². The van der Waals surface area contributed by atoms with Gasteiger partial charge in [-0.15, -0.1) is 0 Å². The van der Waals surface area contributed by atoms with Gasteiger partial charge in [-0.2, -0.15) is 0 Å². The number of carbonyl (C=O) groups excluding carboxylic acids is 1. The Labute approximate surface area is 89.1 Å². The molecule has 4 heteroatoms. The topological polar surface area (TPSA) is 54.0 Å². The van der Waals surface area contributed by atoms with E-state index in [1.807, 2.05) is 12.1 Å². The van der Waals surface area contributed by atoms with Crippen LogP contribution >= 0.6 is 0 Å². The van der Waals surface area contributed by atoms with Gasteiger partial charge in [0, 0.05) is 12.7 Å². The second-order valence-electron chi connectivity index (χ2n) is 3.75. The van der Waals surface area contributed by atoms with Crippen molar-refractivity contribution >= 4 is 11.7 Å². The van der Waals surface area contributed by atoms with Crippen LogP contribution in [0.3, 0.4) is 0 Å². The van der Waals surface area contributed by atoms with E-state index in [-0.39, 0.29) is 11.8 Å². The molecule has 0 unspecified atom stereocenters. The van der Waals surface area contributed by atoms with Gasteiger partial charge in [0.2, 0.25) is 5.91 Å². The van der Waals surface area contributed by atoms with E-state index in [9.17, 15) is 4.79 Å². The fourth-order valence-corrected chi connectivity index (χ4v) is 1.74. The third-order valence-electron chi connectivity index (χ3n) is 2.58. The second-order valence-corrected chi connectivity index (χ2v) is 3.75. The lowest BCUT2D eigenvalue weighted by atomic mass is 9.99. The van der Waals surface area contributed by atoms with E-state index in [2.05, 4.69) is 15.6 Å². The fraction of sp³-hybridized carbons (Fsp3) is 0.455. The lowest BCUT2D eigenvalue weighted by molar-refractivity contribution is -0.120. The van der Waals surface area contributed by atoms with Gasteiger partial charge in [-0.25, -0.2) is 4.98 Å². The Morgan fingerprint density at radius 1 is 1.53 bits per heavy atom. The molecule has 0 aromatic carbocycles. The van der Waals surface area contributed by atoms with E-state index in [0.29, 0.717) is 5.82 Å². The molecule has 0 aliphatic carbocycles. The normalized spacial score (nSPS) is 20.9. The molecule has 0 spiro atoms. The number of rotatable bonds is 2. The summed E-state index contributed by atoms with van der Waals surface area (Å²) in [5.41, 5.74) is 0. The number of pyridine rings is 1. The van der Waals surface area contributed by atoms with Crippen LogP contribution in [0.25, 0.3) is 0 Å². The van der Waals surface area contributed by atoms with Gasteiger partial charge in [-0.1, -0.05) is 6.07 Å². The van der Waals surface area contributed by atoms with Crippen LogP contribution < -0.4 is 10.6 Å². The monoisotopic (exact) mass is 205 g/mol. The zero-order valence-corrected chi connectivity index (χ0v) is 8.57. The molecule has 0 saturated carbocycles. The average Bonchev–Trinajstić information content (AvgIpc) is 2.31. The van der Waals surface area contributed by atoms with Crippen molar-refractivity contribution in [3.05, 3.63) is 24.4 Å². The van der Waals surface area contributed by atoms with Crippen molar-refractivity contribution in [3.8, 4) is 0 Å². The predicted molar refractivity (Wildman–Crippen MR) is 58.5 cm³/mol. The maximum atomic E-state index is 11.8. The molecule has 1 saturated heterocycles. The Morgan fingerprint density at radius 3 is 3.13 bits per heavy atom. The summed E-state index contributed by atoms with van der Waals surface area (Å²) < 4.78 is 0. The third kappa shape index (κ3) is 2.76. The Balaban J connectivity index is 1.91. The van der Waals surface area contributed by atoms with E-state index in [0.717, 1.165) is 25.9 Å². The second kappa shape index (κ2) is 4.89. The molecule has 2 heterocycles. The molecule has 0 bridgehead atoms. The molecule has 15 heavy (non-hydrogen) atoms. The minimum atomic E-state index is 0.0703. The molecular weight excluding hydrogens is 190 g/mol. The molecule has 1 aliphatic rings. The summed E-state index contributed by atoms with van der Waals surface area (Å²) in [4.78, 5) is 15.8. The van der Waals surface area contributed by atoms with Gasteiger partial charge in [-0.05, 0) is 31.5 Å². The molecule has 4 nitrogen and oxygen atoms in total. The van der Waals surface area contributed by atoms with Gasteiger partial charge in [0.1, 0.15) is 5.82 Å². The van der Waals surface area contributed by atoms with Gasteiger partial charge in [-0.3, -0.25) is 4.79 Å². The first-order chi connectivity index (χ1) is 7.36. The summed E-state index contributed by atoms with van der Waals surface area (Å²) in [7, 11) is 0. The number of piperidine rings is 1. The SMILES string of the molecule is O=C(Nc1ccccn1)[C@H]1CCCNC1. The van der Waals surface area contributed by atoms with E-state index in [1.54, 1.807) is 12.3 Å². The van der Waals surface area contributed by atoms with Crippen molar-refractivity contribution in [1.29, 1.82) is 0 Å². The van der Waals surface area contributed by atoms with Crippen molar-refractivity contribution in [2.45, 2.75) is 12.8 Å². The molecule has 80 valence electrons. The standard InChI is InChI=1S/C11H15N3O/c15-11(9-4-3-6-12-8-9)14-10-5-1-2-7-13-10/h1-2,5,7,9,12H,3-4,6,8H2,(H,13,14,15)/t9-/m0/s1. The van der Waals surface area contributed by atoms with E-state index < -0.39 is 0 Å². The number of aromatic nitrogens is 1. The van der Waals surface area contributed by atoms with Crippen molar-refractivity contribution in [2.75, 3.05) is 18.4 Å². The van der Waals surface area contributed by atoms with Crippen LogP contribution in [0.4, 0.5) is 5.82 Å². The Hall–Kier alpha value is -1.42. The predicted octanol–water partition coefficient (Wildman–Crippen LogP) is 1.02. The summed E-state index contributed by atoms with van der Waals surface area (Å²) in [5.74, 6) is 0.787. The summed E-state index contributed by atoms with van der Waals surface area (Å²) in [5, 5.41) is 6.04. The summed E-state index contributed by atoms with van der Waals surface area (Å²) >= 11 is 0. The largest absolute Gasteiger partial charge is 0.316 e. The maximum Gasteiger partial charge on any atom is 0.229 e. The molecule has 1 amide bonds. The first-order valence-corrected chi connectivity index (χ1v) is 5.29. The molecule has 2 N–H and O–H groups in total. The van der Waals surface area contributed by atoms with Gasteiger partial charge < -0.3 is 10.6 Å². The highest BCUT2D eigenvalue weighted by atomic mass is 16.2. The number of hydrogen-bond donors (Lipinski definition) is 2. The Kier molecular flexibility index (Phi) is 3.29. The maximum absolute atomic E-state index is 11.8. The number of nitrogens with one attached hydrogen (secondary N) is 2. The third-order valence-corrected chi connectivity index (χ3v) is 2.58. The number of amides is 1.